The zero-order valence-corrected chi connectivity index (χ0v) is 12.4. The minimum Gasteiger partial charge on any atom is -0.325 e. The Morgan fingerprint density at radius 3 is 2.33 bits per heavy atom. The highest BCUT2D eigenvalue weighted by Crippen LogP contribution is 2.30. The lowest BCUT2D eigenvalue weighted by molar-refractivity contribution is -0.129. The van der Waals surface area contributed by atoms with Gasteiger partial charge in [-0.2, -0.15) is 5.10 Å². The van der Waals surface area contributed by atoms with Crippen LogP contribution in [0.4, 0.5) is 0 Å². The molecule has 1 rings (SSSR count). The summed E-state index contributed by atoms with van der Waals surface area (Å²) in [6.07, 6.45) is 1.27. The van der Waals surface area contributed by atoms with Crippen molar-refractivity contribution < 1.29 is 4.79 Å². The molecule has 0 amide bonds. The topological polar surface area (TPSA) is 60.9 Å². The van der Waals surface area contributed by atoms with Crippen molar-refractivity contribution in [2.45, 2.75) is 53.0 Å². The Hall–Kier alpha value is -1.16. The predicted octanol–water partition coefficient (Wildman–Crippen LogP) is 1.86. The zero-order valence-electron chi connectivity index (χ0n) is 12.4. The van der Waals surface area contributed by atoms with Gasteiger partial charge in [0.15, 0.2) is 0 Å². The van der Waals surface area contributed by atoms with Crippen LogP contribution >= 0.6 is 0 Å². The maximum Gasteiger partial charge on any atom is 0.146 e. The third-order valence-electron chi connectivity index (χ3n) is 4.04. The molecule has 0 aromatic carbocycles. The third-order valence-corrected chi connectivity index (χ3v) is 4.04. The molecule has 0 aliphatic rings. The van der Waals surface area contributed by atoms with Crippen molar-refractivity contribution in [3.63, 3.8) is 0 Å². The normalized spacial score (nSPS) is 12.8. The van der Waals surface area contributed by atoms with Gasteiger partial charge in [0.2, 0.25) is 0 Å². The molecule has 1 aromatic heterocycles. The highest BCUT2D eigenvalue weighted by atomic mass is 16.1. The second kappa shape index (κ2) is 4.84. The Bertz CT molecular complexity index is 438. The molecule has 0 aliphatic heterocycles. The number of carbonyl (C=O) groups excluding carboxylic acids is 1. The van der Waals surface area contributed by atoms with E-state index < -0.39 is 11.0 Å². The number of rotatable bonds is 5. The van der Waals surface area contributed by atoms with Gasteiger partial charge in [0.05, 0.1) is 5.69 Å². The van der Waals surface area contributed by atoms with Gasteiger partial charge >= 0.3 is 0 Å². The van der Waals surface area contributed by atoms with E-state index in [1.54, 1.807) is 4.68 Å². The fourth-order valence-electron chi connectivity index (χ4n) is 1.65. The van der Waals surface area contributed by atoms with Gasteiger partial charge in [-0.25, -0.2) is 0 Å². The highest BCUT2D eigenvalue weighted by molar-refractivity contribution is 5.87. The average molecular weight is 251 g/mol. The Kier molecular flexibility index (Phi) is 4.01. The molecule has 4 nitrogen and oxygen atoms in total. The average Bonchev–Trinajstić information content (AvgIpc) is 2.58. The molecule has 0 aliphatic carbocycles. The van der Waals surface area contributed by atoms with Gasteiger partial charge in [-0.05, 0) is 26.3 Å². The molecule has 0 atom stereocenters. The van der Waals surface area contributed by atoms with E-state index in [1.165, 1.54) is 0 Å². The number of ketones is 1. The molecule has 1 aromatic rings. The van der Waals surface area contributed by atoms with Crippen LogP contribution in [-0.4, -0.2) is 21.1 Å². The molecular weight excluding hydrogens is 226 g/mol. The molecule has 0 saturated carbocycles. The number of Topliss-reactive ketones (excluding diaryl/α,β-unsaturated/α-hetero) is 1. The van der Waals surface area contributed by atoms with Crippen molar-refractivity contribution in [3.8, 4) is 0 Å². The second-order valence-electron chi connectivity index (χ2n) is 6.05. The van der Waals surface area contributed by atoms with Crippen LogP contribution in [0.15, 0.2) is 6.07 Å². The number of aryl methyl sites for hydroxylation is 2. The van der Waals surface area contributed by atoms with Gasteiger partial charge in [0.1, 0.15) is 5.78 Å². The van der Waals surface area contributed by atoms with Crippen molar-refractivity contribution in [2.75, 3.05) is 0 Å². The van der Waals surface area contributed by atoms with Gasteiger partial charge < -0.3 is 5.73 Å². The summed E-state index contributed by atoms with van der Waals surface area (Å²) < 4.78 is 1.79. The first-order valence-electron chi connectivity index (χ1n) is 6.43. The quantitative estimate of drug-likeness (QED) is 0.869. The number of carbonyl (C=O) groups is 1. The summed E-state index contributed by atoms with van der Waals surface area (Å²) >= 11 is 0. The first-order valence-corrected chi connectivity index (χ1v) is 6.43. The molecule has 4 heteroatoms. The third kappa shape index (κ3) is 2.80. The first kappa shape index (κ1) is 14.9. The van der Waals surface area contributed by atoms with E-state index in [0.29, 0.717) is 6.42 Å². The first-order chi connectivity index (χ1) is 8.09. The number of nitrogens with zero attached hydrogens (tertiary/aromatic N) is 2. The van der Waals surface area contributed by atoms with Crippen molar-refractivity contribution in [2.24, 2.45) is 18.2 Å². The lowest BCUT2D eigenvalue weighted by atomic mass is 9.71. The van der Waals surface area contributed by atoms with E-state index in [0.717, 1.165) is 17.8 Å². The standard InChI is InChI=1S/C14H25N3O/c1-7-10-8-11(17(6)16-10)9-12(18)13(2,3)14(4,5)15/h8H,7,9,15H2,1-6H3. The number of nitrogens with two attached hydrogens (primary N) is 1. The largest absolute Gasteiger partial charge is 0.325 e. The molecule has 18 heavy (non-hydrogen) atoms. The van der Waals surface area contributed by atoms with E-state index in [2.05, 4.69) is 12.0 Å². The molecule has 0 unspecified atom stereocenters. The zero-order chi connectivity index (χ0) is 14.1. The smallest absolute Gasteiger partial charge is 0.146 e. The fraction of sp³-hybridized carbons (Fsp3) is 0.714. The minimum atomic E-state index is -0.552. The Morgan fingerprint density at radius 2 is 1.94 bits per heavy atom. The van der Waals surface area contributed by atoms with Gasteiger partial charge in [0, 0.05) is 30.1 Å². The summed E-state index contributed by atoms with van der Waals surface area (Å²) in [4.78, 5) is 12.4. The Labute approximate surface area is 110 Å². The summed E-state index contributed by atoms with van der Waals surface area (Å²) in [7, 11) is 1.88. The summed E-state index contributed by atoms with van der Waals surface area (Å²) in [6, 6.07) is 2.00. The number of hydrogen-bond donors (Lipinski definition) is 1. The number of aromatic nitrogens is 2. The molecule has 102 valence electrons. The van der Waals surface area contributed by atoms with Crippen molar-refractivity contribution >= 4 is 5.78 Å². The Balaban J connectivity index is 2.91. The van der Waals surface area contributed by atoms with E-state index in [-0.39, 0.29) is 5.78 Å². The summed E-state index contributed by atoms with van der Waals surface area (Å²) in [6.45, 7) is 9.66. The van der Waals surface area contributed by atoms with Gasteiger partial charge in [-0.3, -0.25) is 9.48 Å². The van der Waals surface area contributed by atoms with Crippen LogP contribution in [-0.2, 0) is 24.7 Å². The lowest BCUT2D eigenvalue weighted by Gasteiger charge is -2.37. The van der Waals surface area contributed by atoms with Gasteiger partial charge in [-0.15, -0.1) is 0 Å². The minimum absolute atomic E-state index is 0.153. The van der Waals surface area contributed by atoms with E-state index in [1.807, 2.05) is 40.8 Å². The summed E-state index contributed by atoms with van der Waals surface area (Å²) in [5.41, 5.74) is 6.98. The lowest BCUT2D eigenvalue weighted by Crippen LogP contribution is -2.52. The monoisotopic (exact) mass is 251 g/mol. The fourth-order valence-corrected chi connectivity index (χ4v) is 1.65. The maximum absolute atomic E-state index is 12.4. The van der Waals surface area contributed by atoms with Gasteiger partial charge in [-0.1, -0.05) is 20.8 Å². The summed E-state index contributed by atoms with van der Waals surface area (Å²) in [5, 5.41) is 4.36. The van der Waals surface area contributed by atoms with Crippen LogP contribution in [0.25, 0.3) is 0 Å². The molecule has 0 radical (unpaired) electrons. The predicted molar refractivity (Wildman–Crippen MR) is 73.3 cm³/mol. The highest BCUT2D eigenvalue weighted by Gasteiger charge is 2.40. The summed E-state index contributed by atoms with van der Waals surface area (Å²) in [5.74, 6) is 0.153. The van der Waals surface area contributed by atoms with Crippen LogP contribution in [0.5, 0.6) is 0 Å². The second-order valence-corrected chi connectivity index (χ2v) is 6.05. The SMILES string of the molecule is CCc1cc(CC(=O)C(C)(C)C(C)(C)N)n(C)n1. The van der Waals surface area contributed by atoms with Crippen LogP contribution in [0.3, 0.4) is 0 Å². The molecule has 0 spiro atoms. The van der Waals surface area contributed by atoms with Gasteiger partial charge in [0.25, 0.3) is 0 Å². The van der Waals surface area contributed by atoms with Crippen molar-refractivity contribution in [1.82, 2.24) is 9.78 Å². The van der Waals surface area contributed by atoms with E-state index >= 15 is 0 Å². The Morgan fingerprint density at radius 1 is 1.39 bits per heavy atom. The molecule has 0 fully saturated rings. The van der Waals surface area contributed by atoms with Crippen molar-refractivity contribution in [1.29, 1.82) is 0 Å². The molecular formula is C14H25N3O. The molecule has 0 bridgehead atoms. The molecule has 2 N–H and O–H groups in total. The van der Waals surface area contributed by atoms with E-state index in [9.17, 15) is 4.79 Å². The van der Waals surface area contributed by atoms with Crippen LogP contribution in [0.2, 0.25) is 0 Å². The maximum atomic E-state index is 12.4. The number of hydrogen-bond acceptors (Lipinski definition) is 3. The van der Waals surface area contributed by atoms with Crippen LogP contribution < -0.4 is 5.73 Å². The van der Waals surface area contributed by atoms with Crippen molar-refractivity contribution in [3.05, 3.63) is 17.5 Å². The molecule has 0 saturated heterocycles. The molecule has 1 heterocycles. The van der Waals surface area contributed by atoms with Crippen LogP contribution in [0.1, 0.15) is 46.0 Å². The van der Waals surface area contributed by atoms with E-state index in [4.69, 9.17) is 5.73 Å². The van der Waals surface area contributed by atoms with Crippen LogP contribution in [0, 0.1) is 5.41 Å².